The molecular formula is C13H20N2O2S. The Morgan fingerprint density at radius 3 is 2.67 bits per heavy atom. The number of hydrogen-bond acceptors (Lipinski definition) is 3. The van der Waals surface area contributed by atoms with Crippen LogP contribution in [0.3, 0.4) is 0 Å². The predicted molar refractivity (Wildman–Crippen MR) is 73.1 cm³/mol. The normalized spacial score (nSPS) is 23.1. The van der Waals surface area contributed by atoms with Gasteiger partial charge in [-0.15, -0.1) is 0 Å². The van der Waals surface area contributed by atoms with Gasteiger partial charge in [-0.05, 0) is 36.5 Å². The molecule has 0 heterocycles. The molecule has 2 unspecified atom stereocenters. The summed E-state index contributed by atoms with van der Waals surface area (Å²) < 4.78 is 26.2. The molecule has 0 bridgehead atoms. The van der Waals surface area contributed by atoms with Gasteiger partial charge in [-0.3, -0.25) is 0 Å². The van der Waals surface area contributed by atoms with E-state index >= 15 is 0 Å². The maximum absolute atomic E-state index is 12.4. The molecule has 2 rings (SSSR count). The molecule has 1 fully saturated rings. The Morgan fingerprint density at radius 2 is 2.11 bits per heavy atom. The third-order valence-electron chi connectivity index (χ3n) is 3.60. The fourth-order valence-electron chi connectivity index (χ4n) is 2.07. The van der Waals surface area contributed by atoms with Gasteiger partial charge in [0.1, 0.15) is 0 Å². The van der Waals surface area contributed by atoms with Crippen molar-refractivity contribution in [3.63, 3.8) is 0 Å². The molecule has 0 spiro atoms. The van der Waals surface area contributed by atoms with Crippen molar-refractivity contribution in [1.82, 2.24) is 4.31 Å². The van der Waals surface area contributed by atoms with Gasteiger partial charge in [0.25, 0.3) is 0 Å². The molecule has 100 valence electrons. The molecule has 0 saturated heterocycles. The second-order valence-corrected chi connectivity index (χ2v) is 7.08. The molecule has 1 N–H and O–H groups in total. The Hall–Kier alpha value is -1.07. The summed E-state index contributed by atoms with van der Waals surface area (Å²) in [4.78, 5) is 0.352. The highest BCUT2D eigenvalue weighted by molar-refractivity contribution is 7.89. The number of sulfonamides is 1. The van der Waals surface area contributed by atoms with Crippen molar-refractivity contribution in [3.05, 3.63) is 24.3 Å². The van der Waals surface area contributed by atoms with Crippen LogP contribution in [0.25, 0.3) is 0 Å². The van der Waals surface area contributed by atoms with Gasteiger partial charge < -0.3 is 5.32 Å². The van der Waals surface area contributed by atoms with Crippen molar-refractivity contribution in [2.45, 2.75) is 18.2 Å². The number of hydrogen-bond donors (Lipinski definition) is 1. The zero-order valence-corrected chi connectivity index (χ0v) is 11.9. The first-order chi connectivity index (χ1) is 8.45. The van der Waals surface area contributed by atoms with E-state index in [1.165, 1.54) is 4.31 Å². The van der Waals surface area contributed by atoms with Crippen LogP contribution in [0.15, 0.2) is 29.2 Å². The van der Waals surface area contributed by atoms with Gasteiger partial charge in [-0.2, -0.15) is 0 Å². The summed E-state index contributed by atoms with van der Waals surface area (Å²) in [6.45, 7) is 2.78. The average Bonchev–Trinajstić information content (AvgIpc) is 3.04. The van der Waals surface area contributed by atoms with Gasteiger partial charge in [0, 0.05) is 26.3 Å². The molecule has 0 amide bonds. The lowest BCUT2D eigenvalue weighted by molar-refractivity contribution is 0.445. The minimum absolute atomic E-state index is 0.352. The maximum atomic E-state index is 12.4. The van der Waals surface area contributed by atoms with Crippen LogP contribution in [0.5, 0.6) is 0 Å². The summed E-state index contributed by atoms with van der Waals surface area (Å²) >= 11 is 0. The van der Waals surface area contributed by atoms with E-state index in [4.69, 9.17) is 0 Å². The molecule has 4 nitrogen and oxygen atoms in total. The monoisotopic (exact) mass is 268 g/mol. The van der Waals surface area contributed by atoms with Gasteiger partial charge >= 0.3 is 0 Å². The van der Waals surface area contributed by atoms with E-state index in [-0.39, 0.29) is 0 Å². The second-order valence-electron chi connectivity index (χ2n) is 5.04. The quantitative estimate of drug-likeness (QED) is 0.888. The van der Waals surface area contributed by atoms with Crippen molar-refractivity contribution in [2.24, 2.45) is 11.8 Å². The highest BCUT2D eigenvalue weighted by atomic mass is 32.2. The molecule has 5 heteroatoms. The highest BCUT2D eigenvalue weighted by Gasteiger charge is 2.36. The Morgan fingerprint density at radius 1 is 1.44 bits per heavy atom. The number of nitrogens with zero attached hydrogens (tertiary/aromatic N) is 1. The van der Waals surface area contributed by atoms with Crippen LogP contribution in [-0.4, -0.2) is 33.4 Å². The highest BCUT2D eigenvalue weighted by Crippen LogP contribution is 2.38. The van der Waals surface area contributed by atoms with Crippen LogP contribution < -0.4 is 5.32 Å². The fourth-order valence-corrected chi connectivity index (χ4v) is 3.35. The van der Waals surface area contributed by atoms with E-state index in [1.54, 1.807) is 32.3 Å². The standard InChI is InChI=1S/C13H20N2O2S/c1-10-7-11(10)9-15(3)18(16,17)13-6-4-5-12(8-13)14-2/h4-6,8,10-11,14H,7,9H2,1-3H3. The summed E-state index contributed by atoms with van der Waals surface area (Å²) in [7, 11) is 0.0815. The third-order valence-corrected chi connectivity index (χ3v) is 5.42. The zero-order valence-electron chi connectivity index (χ0n) is 11.1. The summed E-state index contributed by atoms with van der Waals surface area (Å²) in [6.07, 6.45) is 1.14. The van der Waals surface area contributed by atoms with E-state index in [9.17, 15) is 8.42 Å². The smallest absolute Gasteiger partial charge is 0.242 e. The molecule has 18 heavy (non-hydrogen) atoms. The molecule has 1 saturated carbocycles. The fraction of sp³-hybridized carbons (Fsp3) is 0.538. The van der Waals surface area contributed by atoms with E-state index < -0.39 is 10.0 Å². The van der Waals surface area contributed by atoms with Crippen LogP contribution in [0.4, 0.5) is 5.69 Å². The summed E-state index contributed by atoms with van der Waals surface area (Å²) in [5.41, 5.74) is 0.810. The summed E-state index contributed by atoms with van der Waals surface area (Å²) in [5, 5.41) is 2.96. The Balaban J connectivity index is 2.18. The predicted octanol–water partition coefficient (Wildman–Crippen LogP) is 2.00. The van der Waals surface area contributed by atoms with Crippen LogP contribution in [0.1, 0.15) is 13.3 Å². The molecule has 1 aromatic carbocycles. The van der Waals surface area contributed by atoms with Crippen LogP contribution in [-0.2, 0) is 10.0 Å². The Kier molecular flexibility index (Phi) is 3.64. The van der Waals surface area contributed by atoms with Gasteiger partial charge in [-0.1, -0.05) is 13.0 Å². The largest absolute Gasteiger partial charge is 0.388 e. The zero-order chi connectivity index (χ0) is 13.3. The van der Waals surface area contributed by atoms with Crippen molar-refractivity contribution in [2.75, 3.05) is 26.0 Å². The third kappa shape index (κ3) is 2.67. The van der Waals surface area contributed by atoms with Crippen molar-refractivity contribution < 1.29 is 8.42 Å². The molecular weight excluding hydrogens is 248 g/mol. The van der Waals surface area contributed by atoms with E-state index in [0.717, 1.165) is 12.1 Å². The minimum Gasteiger partial charge on any atom is -0.388 e. The molecule has 0 aliphatic heterocycles. The Bertz CT molecular complexity index is 528. The van der Waals surface area contributed by atoms with Gasteiger partial charge in [0.15, 0.2) is 0 Å². The van der Waals surface area contributed by atoms with Crippen molar-refractivity contribution in [1.29, 1.82) is 0 Å². The molecule has 1 aromatic rings. The lowest BCUT2D eigenvalue weighted by atomic mass is 10.3. The minimum atomic E-state index is -3.36. The number of anilines is 1. The first kappa shape index (κ1) is 13.4. The SMILES string of the molecule is CNc1cccc(S(=O)(=O)N(C)CC2CC2C)c1. The van der Waals surface area contributed by atoms with Crippen LogP contribution in [0.2, 0.25) is 0 Å². The van der Waals surface area contributed by atoms with Crippen LogP contribution >= 0.6 is 0 Å². The van der Waals surface area contributed by atoms with Gasteiger partial charge in [-0.25, -0.2) is 12.7 Å². The summed E-state index contributed by atoms with van der Waals surface area (Å²) in [6, 6.07) is 6.92. The van der Waals surface area contributed by atoms with E-state index in [1.807, 2.05) is 6.07 Å². The first-order valence-electron chi connectivity index (χ1n) is 6.19. The lowest BCUT2D eigenvalue weighted by Gasteiger charge is -2.17. The molecule has 0 aromatic heterocycles. The molecule has 1 aliphatic carbocycles. The number of benzene rings is 1. The van der Waals surface area contributed by atoms with Crippen molar-refractivity contribution in [3.8, 4) is 0 Å². The second kappa shape index (κ2) is 4.90. The van der Waals surface area contributed by atoms with Gasteiger partial charge in [0.05, 0.1) is 4.90 Å². The lowest BCUT2D eigenvalue weighted by Crippen LogP contribution is -2.29. The maximum Gasteiger partial charge on any atom is 0.242 e. The average molecular weight is 268 g/mol. The van der Waals surface area contributed by atoms with Crippen LogP contribution in [0, 0.1) is 11.8 Å². The van der Waals surface area contributed by atoms with E-state index in [0.29, 0.717) is 23.3 Å². The van der Waals surface area contributed by atoms with Crippen molar-refractivity contribution >= 4 is 15.7 Å². The first-order valence-corrected chi connectivity index (χ1v) is 7.63. The number of nitrogens with one attached hydrogen (secondary N) is 1. The molecule has 1 aliphatic rings. The molecule has 2 atom stereocenters. The van der Waals surface area contributed by atoms with Gasteiger partial charge in [0.2, 0.25) is 10.0 Å². The summed E-state index contributed by atoms with van der Waals surface area (Å²) in [5.74, 6) is 1.18. The Labute approximate surface area is 109 Å². The molecule has 0 radical (unpaired) electrons. The van der Waals surface area contributed by atoms with E-state index in [2.05, 4.69) is 12.2 Å². The number of rotatable bonds is 5. The topological polar surface area (TPSA) is 49.4 Å².